The predicted octanol–water partition coefficient (Wildman–Crippen LogP) is 2.31. The van der Waals surface area contributed by atoms with E-state index in [1.54, 1.807) is 12.3 Å². The highest BCUT2D eigenvalue weighted by molar-refractivity contribution is 5.53. The van der Waals surface area contributed by atoms with Crippen molar-refractivity contribution in [3.05, 3.63) is 47.4 Å². The van der Waals surface area contributed by atoms with Crippen LogP contribution in [0.3, 0.4) is 0 Å². The van der Waals surface area contributed by atoms with Crippen molar-refractivity contribution in [2.75, 3.05) is 17.7 Å². The molecule has 0 unspecified atom stereocenters. The Kier molecular flexibility index (Phi) is 3.46. The van der Waals surface area contributed by atoms with E-state index in [0.717, 1.165) is 5.82 Å². The zero-order valence-electron chi connectivity index (χ0n) is 11.0. The van der Waals surface area contributed by atoms with Crippen molar-refractivity contribution in [2.45, 2.75) is 20.4 Å². The Hall–Kier alpha value is -2.10. The van der Waals surface area contributed by atoms with E-state index >= 15 is 0 Å². The third-order valence-electron chi connectivity index (χ3n) is 2.87. The lowest BCUT2D eigenvalue weighted by atomic mass is 10.1. The molecule has 0 aliphatic rings. The van der Waals surface area contributed by atoms with Crippen LogP contribution >= 0.6 is 0 Å². The molecule has 0 bridgehead atoms. The third-order valence-corrected chi connectivity index (χ3v) is 2.87. The summed E-state index contributed by atoms with van der Waals surface area (Å²) in [4.78, 5) is 10.6. The monoisotopic (exact) mass is 242 g/mol. The number of nitrogens with zero attached hydrogens (tertiary/aromatic N) is 3. The molecule has 2 aromatic rings. The molecule has 18 heavy (non-hydrogen) atoms. The molecule has 4 heteroatoms. The number of benzene rings is 1. The van der Waals surface area contributed by atoms with Gasteiger partial charge in [-0.25, -0.2) is 9.97 Å². The van der Waals surface area contributed by atoms with Gasteiger partial charge in [-0.05, 0) is 31.5 Å². The SMILES string of the molecule is Cc1ccc(N(C)Cc2nccc(N)n2)c(C)c1. The van der Waals surface area contributed by atoms with Crippen molar-refractivity contribution < 1.29 is 0 Å². The Morgan fingerprint density at radius 1 is 1.22 bits per heavy atom. The van der Waals surface area contributed by atoms with Gasteiger partial charge in [-0.15, -0.1) is 0 Å². The molecule has 2 rings (SSSR count). The Morgan fingerprint density at radius 3 is 2.67 bits per heavy atom. The van der Waals surface area contributed by atoms with Crippen LogP contribution < -0.4 is 10.6 Å². The highest BCUT2D eigenvalue weighted by atomic mass is 15.1. The summed E-state index contributed by atoms with van der Waals surface area (Å²) in [6.07, 6.45) is 1.69. The van der Waals surface area contributed by atoms with E-state index in [-0.39, 0.29) is 0 Å². The van der Waals surface area contributed by atoms with Crippen LogP contribution in [0.25, 0.3) is 0 Å². The van der Waals surface area contributed by atoms with Crippen molar-refractivity contribution >= 4 is 11.5 Å². The molecule has 2 N–H and O–H groups in total. The van der Waals surface area contributed by atoms with Crippen LogP contribution in [0.2, 0.25) is 0 Å². The molecule has 4 nitrogen and oxygen atoms in total. The van der Waals surface area contributed by atoms with Gasteiger partial charge >= 0.3 is 0 Å². The van der Waals surface area contributed by atoms with E-state index in [1.807, 2.05) is 7.05 Å². The number of anilines is 2. The standard InChI is InChI=1S/C14H18N4/c1-10-4-5-12(11(2)8-10)18(3)9-14-16-7-6-13(15)17-14/h4-8H,9H2,1-3H3,(H2,15,16,17). The lowest BCUT2D eigenvalue weighted by Gasteiger charge is -2.21. The van der Waals surface area contributed by atoms with E-state index in [1.165, 1.54) is 16.8 Å². The molecule has 0 atom stereocenters. The van der Waals surface area contributed by atoms with Gasteiger partial charge in [0.05, 0.1) is 6.54 Å². The molecule has 0 fully saturated rings. The largest absolute Gasteiger partial charge is 0.384 e. The van der Waals surface area contributed by atoms with E-state index in [2.05, 4.69) is 46.9 Å². The number of nitrogen functional groups attached to an aromatic ring is 1. The van der Waals surface area contributed by atoms with E-state index < -0.39 is 0 Å². The van der Waals surface area contributed by atoms with Crippen molar-refractivity contribution in [2.24, 2.45) is 0 Å². The van der Waals surface area contributed by atoms with Gasteiger partial charge in [-0.1, -0.05) is 17.7 Å². The summed E-state index contributed by atoms with van der Waals surface area (Å²) in [7, 11) is 2.03. The summed E-state index contributed by atoms with van der Waals surface area (Å²) in [6.45, 7) is 4.85. The highest BCUT2D eigenvalue weighted by Gasteiger charge is 2.07. The molecule has 1 aromatic heterocycles. The lowest BCUT2D eigenvalue weighted by molar-refractivity contribution is 0.837. The number of aromatic nitrogens is 2. The fraction of sp³-hybridized carbons (Fsp3) is 0.286. The quantitative estimate of drug-likeness (QED) is 0.897. The minimum Gasteiger partial charge on any atom is -0.384 e. The first-order chi connectivity index (χ1) is 8.56. The molecule has 1 aromatic carbocycles. The number of rotatable bonds is 3. The number of hydrogen-bond acceptors (Lipinski definition) is 4. The molecule has 0 amide bonds. The molecular formula is C14H18N4. The Bertz CT molecular complexity index is 551. The Balaban J connectivity index is 2.19. The Morgan fingerprint density at radius 2 is 2.00 bits per heavy atom. The van der Waals surface area contributed by atoms with Crippen LogP contribution in [0.5, 0.6) is 0 Å². The second-order valence-corrected chi connectivity index (χ2v) is 4.54. The van der Waals surface area contributed by atoms with Crippen molar-refractivity contribution in [1.29, 1.82) is 0 Å². The lowest BCUT2D eigenvalue weighted by Crippen LogP contribution is -2.19. The smallest absolute Gasteiger partial charge is 0.149 e. The topological polar surface area (TPSA) is 55.0 Å². The van der Waals surface area contributed by atoms with Crippen LogP contribution in [0.15, 0.2) is 30.5 Å². The molecular weight excluding hydrogens is 224 g/mol. The fourth-order valence-corrected chi connectivity index (χ4v) is 2.02. The Labute approximate surface area is 107 Å². The normalized spacial score (nSPS) is 10.4. The van der Waals surface area contributed by atoms with Crippen LogP contribution in [-0.2, 0) is 6.54 Å². The maximum Gasteiger partial charge on any atom is 0.149 e. The predicted molar refractivity (Wildman–Crippen MR) is 74.5 cm³/mol. The minimum absolute atomic E-state index is 0.508. The molecule has 0 saturated carbocycles. The van der Waals surface area contributed by atoms with E-state index in [4.69, 9.17) is 5.73 Å². The van der Waals surface area contributed by atoms with Gasteiger partial charge in [0.1, 0.15) is 11.6 Å². The summed E-state index contributed by atoms with van der Waals surface area (Å²) in [5.41, 5.74) is 9.36. The summed E-state index contributed by atoms with van der Waals surface area (Å²) >= 11 is 0. The van der Waals surface area contributed by atoms with Crippen molar-refractivity contribution in [1.82, 2.24) is 9.97 Å². The highest BCUT2D eigenvalue weighted by Crippen LogP contribution is 2.20. The summed E-state index contributed by atoms with van der Waals surface area (Å²) < 4.78 is 0. The van der Waals surface area contributed by atoms with Gasteiger partial charge in [0.2, 0.25) is 0 Å². The van der Waals surface area contributed by atoms with Gasteiger partial charge in [0.15, 0.2) is 0 Å². The molecule has 0 saturated heterocycles. The first kappa shape index (κ1) is 12.4. The minimum atomic E-state index is 0.508. The van der Waals surface area contributed by atoms with E-state index in [9.17, 15) is 0 Å². The summed E-state index contributed by atoms with van der Waals surface area (Å²) in [5.74, 6) is 1.24. The zero-order valence-corrected chi connectivity index (χ0v) is 11.0. The van der Waals surface area contributed by atoms with Crippen LogP contribution in [0.4, 0.5) is 11.5 Å². The van der Waals surface area contributed by atoms with E-state index in [0.29, 0.717) is 12.4 Å². The molecule has 1 heterocycles. The summed E-state index contributed by atoms with van der Waals surface area (Å²) in [6, 6.07) is 8.10. The van der Waals surface area contributed by atoms with Gasteiger partial charge in [0.25, 0.3) is 0 Å². The number of hydrogen-bond donors (Lipinski definition) is 1. The first-order valence-electron chi connectivity index (χ1n) is 5.92. The zero-order chi connectivity index (χ0) is 13.1. The molecule has 0 radical (unpaired) electrons. The van der Waals surface area contributed by atoms with Crippen LogP contribution in [0, 0.1) is 13.8 Å². The fourth-order valence-electron chi connectivity index (χ4n) is 2.02. The first-order valence-corrected chi connectivity index (χ1v) is 5.92. The van der Waals surface area contributed by atoms with Crippen LogP contribution in [-0.4, -0.2) is 17.0 Å². The molecule has 0 aliphatic heterocycles. The van der Waals surface area contributed by atoms with Crippen molar-refractivity contribution in [3.8, 4) is 0 Å². The maximum atomic E-state index is 5.65. The molecule has 94 valence electrons. The summed E-state index contributed by atoms with van der Waals surface area (Å²) in [5, 5.41) is 0. The van der Waals surface area contributed by atoms with Crippen molar-refractivity contribution in [3.63, 3.8) is 0 Å². The average Bonchev–Trinajstić information content (AvgIpc) is 2.28. The van der Waals surface area contributed by atoms with Crippen LogP contribution in [0.1, 0.15) is 17.0 Å². The van der Waals surface area contributed by atoms with Gasteiger partial charge in [-0.2, -0.15) is 0 Å². The van der Waals surface area contributed by atoms with Gasteiger partial charge in [-0.3, -0.25) is 0 Å². The van der Waals surface area contributed by atoms with Gasteiger partial charge < -0.3 is 10.6 Å². The molecule has 0 spiro atoms. The second-order valence-electron chi connectivity index (χ2n) is 4.54. The second kappa shape index (κ2) is 5.04. The molecule has 0 aliphatic carbocycles. The van der Waals surface area contributed by atoms with Gasteiger partial charge in [0, 0.05) is 18.9 Å². The number of nitrogens with two attached hydrogens (primary N) is 1. The average molecular weight is 242 g/mol. The number of aryl methyl sites for hydroxylation is 2. The maximum absolute atomic E-state index is 5.65. The third kappa shape index (κ3) is 2.77.